The van der Waals surface area contributed by atoms with Gasteiger partial charge >= 0.3 is 5.97 Å². The molecular weight excluding hydrogens is 178 g/mol. The molecule has 0 amide bonds. The van der Waals surface area contributed by atoms with E-state index in [2.05, 4.69) is 0 Å². The summed E-state index contributed by atoms with van der Waals surface area (Å²) in [6, 6.07) is 5.56. The number of pyridine rings is 1. The number of carbonyl (C=O) groups excluding carboxylic acids is 1. The molecule has 0 unspecified atom stereocenters. The Balaban J connectivity index is 2.70. The largest absolute Gasteiger partial charge is 0.465 e. The van der Waals surface area contributed by atoms with Crippen molar-refractivity contribution in [2.24, 2.45) is 0 Å². The van der Waals surface area contributed by atoms with Crippen molar-refractivity contribution in [3.63, 3.8) is 0 Å². The van der Waals surface area contributed by atoms with Crippen molar-refractivity contribution in [1.82, 2.24) is 4.40 Å². The van der Waals surface area contributed by atoms with Crippen LogP contribution in [-0.2, 0) is 4.74 Å². The van der Waals surface area contributed by atoms with Crippen molar-refractivity contribution in [3.05, 3.63) is 41.7 Å². The Hall–Kier alpha value is -1.77. The number of esters is 1. The van der Waals surface area contributed by atoms with Crippen molar-refractivity contribution >= 4 is 11.5 Å². The smallest absolute Gasteiger partial charge is 0.339 e. The molecule has 14 heavy (non-hydrogen) atoms. The van der Waals surface area contributed by atoms with Crippen molar-refractivity contribution in [1.29, 1.82) is 0 Å². The predicted molar refractivity (Wildman–Crippen MR) is 53.5 cm³/mol. The third-order valence-electron chi connectivity index (χ3n) is 2.18. The number of ether oxygens (including phenoxy) is 1. The molecule has 3 nitrogen and oxygen atoms in total. The SMILES string of the molecule is COC(=O)c1cccn2cc(C)cc12. The van der Waals surface area contributed by atoms with E-state index in [9.17, 15) is 4.79 Å². The molecule has 0 saturated heterocycles. The lowest BCUT2D eigenvalue weighted by atomic mass is 10.2. The fourth-order valence-corrected chi connectivity index (χ4v) is 1.56. The molecule has 2 aromatic rings. The van der Waals surface area contributed by atoms with Crippen LogP contribution in [0.2, 0.25) is 0 Å². The molecule has 72 valence electrons. The maximum Gasteiger partial charge on any atom is 0.339 e. The van der Waals surface area contributed by atoms with E-state index in [1.807, 2.05) is 35.9 Å². The summed E-state index contributed by atoms with van der Waals surface area (Å²) in [4.78, 5) is 11.4. The summed E-state index contributed by atoms with van der Waals surface area (Å²) < 4.78 is 6.62. The summed E-state index contributed by atoms with van der Waals surface area (Å²) in [6.07, 6.45) is 3.89. The van der Waals surface area contributed by atoms with Gasteiger partial charge in [0.15, 0.2) is 0 Å². The first kappa shape index (κ1) is 8.81. The van der Waals surface area contributed by atoms with E-state index in [1.54, 1.807) is 6.07 Å². The molecule has 0 aliphatic rings. The van der Waals surface area contributed by atoms with Crippen LogP contribution >= 0.6 is 0 Å². The molecule has 0 aromatic carbocycles. The molecule has 0 radical (unpaired) electrons. The van der Waals surface area contributed by atoms with Gasteiger partial charge in [-0.1, -0.05) is 0 Å². The van der Waals surface area contributed by atoms with Gasteiger partial charge in [0, 0.05) is 12.4 Å². The van der Waals surface area contributed by atoms with Crippen LogP contribution in [0.15, 0.2) is 30.6 Å². The lowest BCUT2D eigenvalue weighted by Gasteiger charge is -2.01. The van der Waals surface area contributed by atoms with Gasteiger partial charge in [0.2, 0.25) is 0 Å². The first-order chi connectivity index (χ1) is 6.72. The van der Waals surface area contributed by atoms with Gasteiger partial charge in [-0.2, -0.15) is 0 Å². The van der Waals surface area contributed by atoms with E-state index < -0.39 is 0 Å². The number of hydrogen-bond donors (Lipinski definition) is 0. The van der Waals surface area contributed by atoms with Crippen molar-refractivity contribution in [3.8, 4) is 0 Å². The zero-order valence-corrected chi connectivity index (χ0v) is 8.15. The zero-order valence-electron chi connectivity index (χ0n) is 8.15. The number of nitrogens with zero attached hydrogens (tertiary/aromatic N) is 1. The number of hydrogen-bond acceptors (Lipinski definition) is 2. The Bertz CT molecular complexity index is 485. The molecular formula is C11H11NO2. The highest BCUT2D eigenvalue weighted by Crippen LogP contribution is 2.15. The average Bonchev–Trinajstić information content (AvgIpc) is 2.56. The maximum atomic E-state index is 11.4. The molecule has 0 bridgehead atoms. The summed E-state index contributed by atoms with van der Waals surface area (Å²) >= 11 is 0. The first-order valence-electron chi connectivity index (χ1n) is 4.38. The first-order valence-corrected chi connectivity index (χ1v) is 4.38. The Labute approximate surface area is 81.9 Å². The van der Waals surface area contributed by atoms with E-state index in [-0.39, 0.29) is 5.97 Å². The van der Waals surface area contributed by atoms with Crippen LogP contribution in [0.1, 0.15) is 15.9 Å². The third kappa shape index (κ3) is 1.27. The van der Waals surface area contributed by atoms with E-state index in [0.717, 1.165) is 11.1 Å². The third-order valence-corrected chi connectivity index (χ3v) is 2.18. The second-order valence-electron chi connectivity index (χ2n) is 3.22. The monoisotopic (exact) mass is 189 g/mol. The molecule has 3 heteroatoms. The molecule has 0 atom stereocenters. The van der Waals surface area contributed by atoms with Crippen LogP contribution in [0.5, 0.6) is 0 Å². The summed E-state index contributed by atoms with van der Waals surface area (Å²) in [5.41, 5.74) is 2.61. The van der Waals surface area contributed by atoms with Crippen LogP contribution in [-0.4, -0.2) is 17.5 Å². The van der Waals surface area contributed by atoms with Crippen LogP contribution in [0, 0.1) is 6.92 Å². The Kier molecular flexibility index (Phi) is 2.00. The van der Waals surface area contributed by atoms with E-state index in [4.69, 9.17) is 4.74 Å². The van der Waals surface area contributed by atoms with E-state index in [0.29, 0.717) is 5.56 Å². The lowest BCUT2D eigenvalue weighted by molar-refractivity contribution is 0.0602. The van der Waals surface area contributed by atoms with Crippen LogP contribution in [0.25, 0.3) is 5.52 Å². The molecule has 0 N–H and O–H groups in total. The number of fused-ring (bicyclic) bond motifs is 1. The minimum atomic E-state index is -0.297. The Morgan fingerprint density at radius 1 is 1.50 bits per heavy atom. The number of rotatable bonds is 1. The lowest BCUT2D eigenvalue weighted by Crippen LogP contribution is -2.02. The van der Waals surface area contributed by atoms with E-state index >= 15 is 0 Å². The van der Waals surface area contributed by atoms with Gasteiger partial charge < -0.3 is 9.14 Å². The van der Waals surface area contributed by atoms with Crippen molar-refractivity contribution < 1.29 is 9.53 Å². The molecule has 0 aliphatic carbocycles. The fourth-order valence-electron chi connectivity index (χ4n) is 1.56. The normalized spacial score (nSPS) is 10.4. The maximum absolute atomic E-state index is 11.4. The second-order valence-corrected chi connectivity index (χ2v) is 3.22. The van der Waals surface area contributed by atoms with Gasteiger partial charge in [-0.25, -0.2) is 4.79 Å². The number of aryl methyl sites for hydroxylation is 1. The van der Waals surface area contributed by atoms with Gasteiger partial charge in [0.25, 0.3) is 0 Å². The fraction of sp³-hybridized carbons (Fsp3) is 0.182. The number of methoxy groups -OCH3 is 1. The molecule has 0 aliphatic heterocycles. The summed E-state index contributed by atoms with van der Waals surface area (Å²) in [6.45, 7) is 1.99. The molecule has 2 heterocycles. The van der Waals surface area contributed by atoms with Gasteiger partial charge in [-0.15, -0.1) is 0 Å². The standard InChI is InChI=1S/C11H11NO2/c1-8-6-10-9(11(13)14-2)4-3-5-12(10)7-8/h3-7H,1-2H3. The number of carbonyl (C=O) groups is 1. The predicted octanol–water partition coefficient (Wildman–Crippen LogP) is 2.03. The van der Waals surface area contributed by atoms with Crippen molar-refractivity contribution in [2.75, 3.05) is 7.11 Å². The summed E-state index contributed by atoms with van der Waals surface area (Å²) in [5.74, 6) is -0.297. The highest BCUT2D eigenvalue weighted by molar-refractivity contribution is 5.97. The highest BCUT2D eigenvalue weighted by atomic mass is 16.5. The second kappa shape index (κ2) is 3.18. The minimum absolute atomic E-state index is 0.297. The van der Waals surface area contributed by atoms with Gasteiger partial charge in [0.1, 0.15) is 0 Å². The Morgan fingerprint density at radius 3 is 3.00 bits per heavy atom. The molecule has 2 rings (SSSR count). The quantitative estimate of drug-likeness (QED) is 0.643. The van der Waals surface area contributed by atoms with E-state index in [1.165, 1.54) is 7.11 Å². The molecule has 2 aromatic heterocycles. The number of aromatic nitrogens is 1. The van der Waals surface area contributed by atoms with Gasteiger partial charge in [0.05, 0.1) is 18.2 Å². The topological polar surface area (TPSA) is 30.7 Å². The minimum Gasteiger partial charge on any atom is -0.465 e. The average molecular weight is 189 g/mol. The summed E-state index contributed by atoms with van der Waals surface area (Å²) in [7, 11) is 1.39. The zero-order chi connectivity index (χ0) is 10.1. The van der Waals surface area contributed by atoms with Crippen LogP contribution in [0.4, 0.5) is 0 Å². The van der Waals surface area contributed by atoms with Gasteiger partial charge in [-0.05, 0) is 30.7 Å². The molecule has 0 saturated carbocycles. The molecule has 0 fully saturated rings. The van der Waals surface area contributed by atoms with Crippen LogP contribution in [0.3, 0.4) is 0 Å². The van der Waals surface area contributed by atoms with Gasteiger partial charge in [-0.3, -0.25) is 0 Å². The summed E-state index contributed by atoms with van der Waals surface area (Å²) in [5, 5.41) is 0. The van der Waals surface area contributed by atoms with Crippen LogP contribution < -0.4 is 0 Å². The highest BCUT2D eigenvalue weighted by Gasteiger charge is 2.10. The van der Waals surface area contributed by atoms with Crippen molar-refractivity contribution in [2.45, 2.75) is 6.92 Å². The Morgan fingerprint density at radius 2 is 2.29 bits per heavy atom. The molecule has 0 spiro atoms.